The van der Waals surface area contributed by atoms with Gasteiger partial charge in [-0.3, -0.25) is 0 Å². The zero-order valence-corrected chi connectivity index (χ0v) is 7.66. The molecule has 1 aromatic carbocycles. The molecule has 0 amide bonds. The van der Waals surface area contributed by atoms with Crippen molar-refractivity contribution >= 4 is 12.9 Å². The van der Waals surface area contributed by atoms with Gasteiger partial charge in [-0.1, -0.05) is 30.3 Å². The Balaban J connectivity index is 2.90. The van der Waals surface area contributed by atoms with Crippen molar-refractivity contribution in [3.05, 3.63) is 30.3 Å². The zero-order chi connectivity index (χ0) is 9.03. The zero-order valence-electron chi connectivity index (χ0n) is 6.77. The summed E-state index contributed by atoms with van der Waals surface area (Å²) in [7, 11) is -3.79. The summed E-state index contributed by atoms with van der Waals surface area (Å²) in [5.41, 5.74) is 0. The van der Waals surface area contributed by atoms with E-state index in [4.69, 9.17) is 0 Å². The van der Waals surface area contributed by atoms with Gasteiger partial charge in [-0.05, 0) is 6.92 Å². The SMILES string of the molecule is CCOP(=O)([O-])c1ccccc1. The van der Waals surface area contributed by atoms with E-state index in [0.29, 0.717) is 0 Å². The fourth-order valence-electron chi connectivity index (χ4n) is 0.855. The second-order valence-corrected chi connectivity index (χ2v) is 4.02. The summed E-state index contributed by atoms with van der Waals surface area (Å²) in [6, 6.07) is 8.13. The van der Waals surface area contributed by atoms with E-state index < -0.39 is 7.60 Å². The van der Waals surface area contributed by atoms with Gasteiger partial charge in [-0.15, -0.1) is 0 Å². The molecule has 4 heteroatoms. The first-order chi connectivity index (χ1) is 5.67. The van der Waals surface area contributed by atoms with Crippen molar-refractivity contribution in [1.82, 2.24) is 0 Å². The van der Waals surface area contributed by atoms with Crippen LogP contribution in [0, 0.1) is 0 Å². The van der Waals surface area contributed by atoms with Crippen LogP contribution in [-0.2, 0) is 9.09 Å². The molecular weight excluding hydrogens is 175 g/mol. The molecule has 0 spiro atoms. The third-order valence-corrected chi connectivity index (χ3v) is 2.90. The summed E-state index contributed by atoms with van der Waals surface area (Å²) in [4.78, 5) is 11.2. The van der Waals surface area contributed by atoms with Crippen LogP contribution in [0.5, 0.6) is 0 Å². The van der Waals surface area contributed by atoms with Gasteiger partial charge in [0.15, 0.2) is 7.60 Å². The smallest absolute Gasteiger partial charge is 0.165 e. The lowest BCUT2D eigenvalue weighted by Crippen LogP contribution is -2.17. The molecule has 1 rings (SSSR count). The Bertz CT molecular complexity index is 284. The van der Waals surface area contributed by atoms with Crippen molar-refractivity contribution in [2.24, 2.45) is 0 Å². The average Bonchev–Trinajstić information content (AvgIpc) is 2.06. The minimum absolute atomic E-state index is 0.176. The molecular formula is C8H10O3P-. The first-order valence-electron chi connectivity index (χ1n) is 3.68. The van der Waals surface area contributed by atoms with Crippen molar-refractivity contribution in [1.29, 1.82) is 0 Å². The molecule has 0 aromatic heterocycles. The summed E-state index contributed by atoms with van der Waals surface area (Å²) in [5.74, 6) is 0. The molecule has 0 N–H and O–H groups in total. The minimum atomic E-state index is -3.79. The molecule has 0 fully saturated rings. The molecule has 0 bridgehead atoms. The molecule has 0 heterocycles. The van der Waals surface area contributed by atoms with E-state index in [1.165, 1.54) is 12.1 Å². The summed E-state index contributed by atoms with van der Waals surface area (Å²) >= 11 is 0. The predicted molar refractivity (Wildman–Crippen MR) is 45.3 cm³/mol. The molecule has 12 heavy (non-hydrogen) atoms. The highest BCUT2D eigenvalue weighted by Gasteiger charge is 2.08. The second kappa shape index (κ2) is 3.85. The molecule has 0 radical (unpaired) electrons. The fourth-order valence-corrected chi connectivity index (χ4v) is 1.88. The Morgan fingerprint density at radius 2 is 2.00 bits per heavy atom. The highest BCUT2D eigenvalue weighted by molar-refractivity contribution is 7.59. The van der Waals surface area contributed by atoms with Crippen LogP contribution in [0.1, 0.15) is 6.92 Å². The predicted octanol–water partition coefficient (Wildman–Crippen LogP) is 0.902. The maximum Gasteiger partial charge on any atom is 0.165 e. The van der Waals surface area contributed by atoms with E-state index in [0.717, 1.165) is 0 Å². The van der Waals surface area contributed by atoms with E-state index in [2.05, 4.69) is 4.52 Å². The molecule has 0 aliphatic carbocycles. The Morgan fingerprint density at radius 1 is 1.42 bits per heavy atom. The number of rotatable bonds is 3. The average molecular weight is 185 g/mol. The van der Waals surface area contributed by atoms with Gasteiger partial charge in [0, 0.05) is 5.30 Å². The van der Waals surface area contributed by atoms with Gasteiger partial charge in [0.2, 0.25) is 0 Å². The molecule has 66 valence electrons. The Hall–Kier alpha value is -0.630. The van der Waals surface area contributed by atoms with E-state index in [1.807, 2.05) is 0 Å². The van der Waals surface area contributed by atoms with Crippen LogP contribution in [0.2, 0.25) is 0 Å². The maximum atomic E-state index is 11.2. The monoisotopic (exact) mass is 185 g/mol. The summed E-state index contributed by atoms with van der Waals surface area (Å²) in [6.45, 7) is 1.82. The Kier molecular flexibility index (Phi) is 3.04. The quantitative estimate of drug-likeness (QED) is 0.657. The van der Waals surface area contributed by atoms with Gasteiger partial charge in [0.25, 0.3) is 0 Å². The van der Waals surface area contributed by atoms with Crippen LogP contribution in [0.3, 0.4) is 0 Å². The van der Waals surface area contributed by atoms with Crippen LogP contribution in [-0.4, -0.2) is 6.61 Å². The van der Waals surface area contributed by atoms with Crippen LogP contribution in [0.25, 0.3) is 0 Å². The van der Waals surface area contributed by atoms with Gasteiger partial charge in [0.1, 0.15) is 0 Å². The molecule has 1 unspecified atom stereocenters. The maximum absolute atomic E-state index is 11.2. The number of hydrogen-bond acceptors (Lipinski definition) is 3. The largest absolute Gasteiger partial charge is 0.775 e. The van der Waals surface area contributed by atoms with Crippen molar-refractivity contribution in [3.8, 4) is 0 Å². The van der Waals surface area contributed by atoms with E-state index in [1.54, 1.807) is 25.1 Å². The normalized spacial score (nSPS) is 15.5. The van der Waals surface area contributed by atoms with Crippen molar-refractivity contribution in [3.63, 3.8) is 0 Å². The third-order valence-electron chi connectivity index (χ3n) is 1.37. The molecule has 1 aromatic rings. The van der Waals surface area contributed by atoms with Crippen LogP contribution in [0.4, 0.5) is 0 Å². The van der Waals surface area contributed by atoms with Crippen molar-refractivity contribution in [2.75, 3.05) is 6.61 Å². The van der Waals surface area contributed by atoms with Crippen LogP contribution >= 0.6 is 7.60 Å². The first-order valence-corrected chi connectivity index (χ1v) is 5.22. The van der Waals surface area contributed by atoms with E-state index >= 15 is 0 Å². The lowest BCUT2D eigenvalue weighted by atomic mass is 10.4. The number of hydrogen-bond donors (Lipinski definition) is 0. The molecule has 0 aliphatic heterocycles. The van der Waals surface area contributed by atoms with Gasteiger partial charge < -0.3 is 14.0 Å². The third kappa shape index (κ3) is 2.18. The van der Waals surface area contributed by atoms with Gasteiger partial charge in [-0.25, -0.2) is 0 Å². The number of benzene rings is 1. The van der Waals surface area contributed by atoms with E-state index in [9.17, 15) is 9.46 Å². The highest BCUT2D eigenvalue weighted by Crippen LogP contribution is 2.34. The fraction of sp³-hybridized carbons (Fsp3) is 0.250. The van der Waals surface area contributed by atoms with Gasteiger partial charge in [0.05, 0.1) is 6.61 Å². The standard InChI is InChI=1S/C8H11O3P/c1-2-11-12(9,10)8-6-4-3-5-7-8/h3-7H,2H2,1H3,(H,9,10)/p-1. The topological polar surface area (TPSA) is 49.4 Å². The lowest BCUT2D eigenvalue weighted by Gasteiger charge is -2.22. The van der Waals surface area contributed by atoms with Crippen LogP contribution < -0.4 is 10.2 Å². The Labute approximate surface area is 71.5 Å². The lowest BCUT2D eigenvalue weighted by molar-refractivity contribution is -0.193. The summed E-state index contributed by atoms with van der Waals surface area (Å²) < 4.78 is 15.9. The van der Waals surface area contributed by atoms with Crippen molar-refractivity contribution < 1.29 is 14.0 Å². The van der Waals surface area contributed by atoms with Crippen molar-refractivity contribution in [2.45, 2.75) is 6.92 Å². The molecule has 0 saturated carbocycles. The molecule has 1 atom stereocenters. The van der Waals surface area contributed by atoms with Gasteiger partial charge in [-0.2, -0.15) is 0 Å². The minimum Gasteiger partial charge on any atom is -0.775 e. The summed E-state index contributed by atoms with van der Waals surface area (Å²) in [5, 5.41) is 0.229. The second-order valence-electron chi connectivity index (χ2n) is 2.25. The molecule has 0 aliphatic rings. The first kappa shape index (κ1) is 9.46. The highest BCUT2D eigenvalue weighted by atomic mass is 31.2. The molecule has 0 saturated heterocycles. The molecule has 3 nitrogen and oxygen atoms in total. The summed E-state index contributed by atoms with van der Waals surface area (Å²) in [6.07, 6.45) is 0. The van der Waals surface area contributed by atoms with Gasteiger partial charge >= 0.3 is 0 Å². The van der Waals surface area contributed by atoms with Crippen LogP contribution in [0.15, 0.2) is 30.3 Å². The Morgan fingerprint density at radius 3 is 2.50 bits per heavy atom. The van der Waals surface area contributed by atoms with E-state index in [-0.39, 0.29) is 11.9 Å².